The van der Waals surface area contributed by atoms with Crippen LogP contribution in [0.1, 0.15) is 18.5 Å². The summed E-state index contributed by atoms with van der Waals surface area (Å²) in [4.78, 5) is 31.3. The van der Waals surface area contributed by atoms with E-state index in [1.165, 1.54) is 10.8 Å². The van der Waals surface area contributed by atoms with E-state index in [1.54, 1.807) is 0 Å². The van der Waals surface area contributed by atoms with Gasteiger partial charge in [0.05, 0.1) is 32.3 Å². The highest BCUT2D eigenvalue weighted by Crippen LogP contribution is 2.20. The fourth-order valence-electron chi connectivity index (χ4n) is 4.26. The van der Waals surface area contributed by atoms with Crippen molar-refractivity contribution >= 4 is 22.6 Å². The topological polar surface area (TPSA) is 65.1 Å². The molecule has 0 aliphatic carbocycles. The molecule has 166 valence electrons. The van der Waals surface area contributed by atoms with Crippen molar-refractivity contribution in [2.75, 3.05) is 65.6 Å². The van der Waals surface area contributed by atoms with E-state index < -0.39 is 0 Å². The lowest BCUT2D eigenvalue weighted by Crippen LogP contribution is -2.53. The Hall–Kier alpha value is -2.48. The lowest BCUT2D eigenvalue weighted by atomic mass is 10.0. The monoisotopic (exact) mass is 424 g/mol. The molecule has 0 saturated carbocycles. The van der Waals surface area contributed by atoms with Crippen LogP contribution >= 0.6 is 0 Å². The highest BCUT2D eigenvalue weighted by molar-refractivity contribution is 5.83. The summed E-state index contributed by atoms with van der Waals surface area (Å²) in [6.07, 6.45) is 0. The molecule has 0 aromatic heterocycles. The standard InChI is InChI=1S/C24H32N4O3/c1-19(21-7-6-20-4-2-3-5-22(20)16-21)25-23(29)17-26-8-10-28(11-9-26)24(30)18-27-12-14-31-15-13-27/h2-7,16,19H,8-15,17-18H2,1H3,(H,25,29). The van der Waals surface area contributed by atoms with E-state index in [4.69, 9.17) is 4.74 Å². The minimum absolute atomic E-state index is 0.0220. The highest BCUT2D eigenvalue weighted by atomic mass is 16.5. The fourth-order valence-corrected chi connectivity index (χ4v) is 4.26. The summed E-state index contributed by atoms with van der Waals surface area (Å²) >= 11 is 0. The second kappa shape index (κ2) is 10.2. The first-order chi connectivity index (χ1) is 15.1. The van der Waals surface area contributed by atoms with E-state index in [-0.39, 0.29) is 17.9 Å². The second-order valence-corrected chi connectivity index (χ2v) is 8.44. The minimum atomic E-state index is -0.0477. The number of amides is 2. The molecular formula is C24H32N4O3. The van der Waals surface area contributed by atoms with Crippen molar-refractivity contribution in [1.82, 2.24) is 20.0 Å². The molecule has 4 rings (SSSR count). The number of carbonyl (C=O) groups excluding carboxylic acids is 2. The molecule has 1 atom stereocenters. The highest BCUT2D eigenvalue weighted by Gasteiger charge is 2.24. The summed E-state index contributed by atoms with van der Waals surface area (Å²) in [5.74, 6) is 0.199. The van der Waals surface area contributed by atoms with Crippen molar-refractivity contribution in [1.29, 1.82) is 0 Å². The van der Waals surface area contributed by atoms with Crippen LogP contribution in [0.15, 0.2) is 42.5 Å². The van der Waals surface area contributed by atoms with Gasteiger partial charge in [0.15, 0.2) is 0 Å². The van der Waals surface area contributed by atoms with E-state index in [0.29, 0.717) is 39.4 Å². The number of nitrogens with one attached hydrogen (secondary N) is 1. The Morgan fingerprint density at radius 2 is 1.58 bits per heavy atom. The van der Waals surface area contributed by atoms with Gasteiger partial charge in [0.2, 0.25) is 11.8 Å². The first kappa shape index (κ1) is 21.7. The van der Waals surface area contributed by atoms with Crippen molar-refractivity contribution < 1.29 is 14.3 Å². The Balaban J connectivity index is 1.21. The number of carbonyl (C=O) groups is 2. The zero-order valence-electron chi connectivity index (χ0n) is 18.3. The van der Waals surface area contributed by atoms with Crippen LogP contribution in [-0.2, 0) is 14.3 Å². The molecule has 7 heteroatoms. The molecule has 2 amide bonds. The maximum atomic E-state index is 12.6. The normalized spacial score (nSPS) is 19.3. The number of fused-ring (bicyclic) bond motifs is 1. The molecule has 0 spiro atoms. The van der Waals surface area contributed by atoms with Crippen LogP contribution < -0.4 is 5.32 Å². The van der Waals surface area contributed by atoms with Gasteiger partial charge in [-0.25, -0.2) is 0 Å². The summed E-state index contributed by atoms with van der Waals surface area (Å²) in [6.45, 7) is 8.71. The number of hydrogen-bond donors (Lipinski definition) is 1. The van der Waals surface area contributed by atoms with Gasteiger partial charge in [0, 0.05) is 39.3 Å². The van der Waals surface area contributed by atoms with Gasteiger partial charge in [-0.1, -0.05) is 36.4 Å². The van der Waals surface area contributed by atoms with E-state index in [0.717, 1.165) is 31.7 Å². The van der Waals surface area contributed by atoms with Crippen molar-refractivity contribution in [3.63, 3.8) is 0 Å². The zero-order chi connectivity index (χ0) is 21.6. The summed E-state index contributed by atoms with van der Waals surface area (Å²) in [5.41, 5.74) is 1.10. The van der Waals surface area contributed by atoms with Crippen molar-refractivity contribution in [3.8, 4) is 0 Å². The third-order valence-electron chi connectivity index (χ3n) is 6.21. The molecule has 2 aliphatic rings. The average molecular weight is 425 g/mol. The van der Waals surface area contributed by atoms with Gasteiger partial charge in [-0.15, -0.1) is 0 Å². The number of morpholine rings is 1. The number of piperazine rings is 1. The van der Waals surface area contributed by atoms with Crippen molar-refractivity contribution in [2.24, 2.45) is 0 Å². The van der Waals surface area contributed by atoms with E-state index in [2.05, 4.69) is 45.4 Å². The minimum Gasteiger partial charge on any atom is -0.379 e. The van der Waals surface area contributed by atoms with Crippen molar-refractivity contribution in [2.45, 2.75) is 13.0 Å². The molecule has 2 aliphatic heterocycles. The Morgan fingerprint density at radius 1 is 0.903 bits per heavy atom. The summed E-state index contributed by atoms with van der Waals surface area (Å²) in [6, 6.07) is 14.5. The predicted octanol–water partition coefficient (Wildman–Crippen LogP) is 1.49. The Morgan fingerprint density at radius 3 is 2.32 bits per heavy atom. The summed E-state index contributed by atoms with van der Waals surface area (Å²) in [7, 11) is 0. The fraction of sp³-hybridized carbons (Fsp3) is 0.500. The van der Waals surface area contributed by atoms with Crippen molar-refractivity contribution in [3.05, 3.63) is 48.0 Å². The molecule has 2 heterocycles. The van der Waals surface area contributed by atoms with E-state index in [9.17, 15) is 9.59 Å². The molecule has 0 bridgehead atoms. The number of hydrogen-bond acceptors (Lipinski definition) is 5. The second-order valence-electron chi connectivity index (χ2n) is 8.44. The number of nitrogens with zero attached hydrogens (tertiary/aromatic N) is 3. The predicted molar refractivity (Wildman–Crippen MR) is 121 cm³/mol. The number of ether oxygens (including phenoxy) is 1. The van der Waals surface area contributed by atoms with Crippen LogP contribution in [-0.4, -0.2) is 92.1 Å². The Bertz CT molecular complexity index is 905. The van der Waals surface area contributed by atoms with Crippen LogP contribution in [0, 0.1) is 0 Å². The van der Waals surface area contributed by atoms with Gasteiger partial charge in [0.25, 0.3) is 0 Å². The average Bonchev–Trinajstić information content (AvgIpc) is 2.79. The van der Waals surface area contributed by atoms with Crippen LogP contribution in [0.2, 0.25) is 0 Å². The van der Waals surface area contributed by atoms with E-state index in [1.807, 2.05) is 24.0 Å². The summed E-state index contributed by atoms with van der Waals surface area (Å²) in [5, 5.41) is 5.50. The van der Waals surface area contributed by atoms with Gasteiger partial charge >= 0.3 is 0 Å². The van der Waals surface area contributed by atoms with Crippen LogP contribution in [0.5, 0.6) is 0 Å². The first-order valence-electron chi connectivity index (χ1n) is 11.2. The molecule has 2 aromatic carbocycles. The van der Waals surface area contributed by atoms with E-state index >= 15 is 0 Å². The zero-order valence-corrected chi connectivity index (χ0v) is 18.3. The third kappa shape index (κ3) is 5.81. The van der Waals surface area contributed by atoms with Crippen LogP contribution in [0.25, 0.3) is 10.8 Å². The lowest BCUT2D eigenvalue weighted by Gasteiger charge is -2.36. The molecule has 2 aromatic rings. The van der Waals surface area contributed by atoms with Gasteiger partial charge in [0.1, 0.15) is 0 Å². The molecule has 31 heavy (non-hydrogen) atoms. The molecule has 1 unspecified atom stereocenters. The van der Waals surface area contributed by atoms with Crippen LogP contribution in [0.3, 0.4) is 0 Å². The third-order valence-corrected chi connectivity index (χ3v) is 6.21. The maximum absolute atomic E-state index is 12.6. The molecular weight excluding hydrogens is 392 g/mol. The molecule has 1 N–H and O–H groups in total. The first-order valence-corrected chi connectivity index (χ1v) is 11.2. The lowest BCUT2D eigenvalue weighted by molar-refractivity contribution is -0.135. The Kier molecular flexibility index (Phi) is 7.17. The van der Waals surface area contributed by atoms with Crippen LogP contribution in [0.4, 0.5) is 0 Å². The molecule has 2 saturated heterocycles. The van der Waals surface area contributed by atoms with Gasteiger partial charge in [-0.05, 0) is 29.3 Å². The van der Waals surface area contributed by atoms with Gasteiger partial charge in [-0.3, -0.25) is 19.4 Å². The van der Waals surface area contributed by atoms with Gasteiger partial charge in [-0.2, -0.15) is 0 Å². The SMILES string of the molecule is CC(NC(=O)CN1CCN(C(=O)CN2CCOCC2)CC1)c1ccc2ccccc2c1. The largest absolute Gasteiger partial charge is 0.379 e. The number of rotatable bonds is 6. The smallest absolute Gasteiger partial charge is 0.236 e. The maximum Gasteiger partial charge on any atom is 0.236 e. The number of benzene rings is 2. The molecule has 0 radical (unpaired) electrons. The summed E-state index contributed by atoms with van der Waals surface area (Å²) < 4.78 is 5.34. The quantitative estimate of drug-likeness (QED) is 0.761. The Labute approximate surface area is 183 Å². The molecule has 2 fully saturated rings. The van der Waals surface area contributed by atoms with Gasteiger partial charge < -0.3 is 15.0 Å². The molecule has 7 nitrogen and oxygen atoms in total.